The predicted octanol–water partition coefficient (Wildman–Crippen LogP) is 8.07. The first-order valence-corrected chi connectivity index (χ1v) is 15.4. The first-order chi connectivity index (χ1) is 17.1. The molecule has 0 aromatic rings. The van der Waals surface area contributed by atoms with Crippen LogP contribution in [0.2, 0.25) is 0 Å². The molecule has 0 spiro atoms. The van der Waals surface area contributed by atoms with E-state index >= 15 is 0 Å². The molecular weight excluding hydrogens is 450 g/mol. The number of hydrogen-bond donors (Lipinski definition) is 2. The zero-order chi connectivity index (χ0) is 27.1. The highest BCUT2D eigenvalue weighted by Gasteiger charge is 2.42. The summed E-state index contributed by atoms with van der Waals surface area (Å²) >= 11 is 0. The fourth-order valence-electron chi connectivity index (χ4n) is 5.23. The molecule has 0 radical (unpaired) electrons. The SMILES string of the molecule is CCCCCCCCCCCCCCCCCCCCCCCC(=O)C(O)(CC(=O)O)C[N+](C)(C)C. The van der Waals surface area contributed by atoms with E-state index in [2.05, 4.69) is 6.92 Å². The Morgan fingerprint density at radius 3 is 1.17 bits per heavy atom. The van der Waals surface area contributed by atoms with Gasteiger partial charge in [-0.25, -0.2) is 0 Å². The van der Waals surface area contributed by atoms with E-state index in [1.807, 2.05) is 21.1 Å². The lowest BCUT2D eigenvalue weighted by atomic mass is 9.89. The fraction of sp³-hybridized carbons (Fsp3) is 0.935. The minimum absolute atomic E-state index is 0.122. The molecule has 0 aliphatic carbocycles. The highest BCUT2D eigenvalue weighted by molar-refractivity contribution is 5.90. The quantitative estimate of drug-likeness (QED) is 0.0862. The van der Waals surface area contributed by atoms with Crippen molar-refractivity contribution in [3.8, 4) is 0 Å². The lowest BCUT2D eigenvalue weighted by Crippen LogP contribution is -2.54. The number of carboxylic acid groups (broad SMARTS) is 1. The number of ketones is 1. The van der Waals surface area contributed by atoms with Gasteiger partial charge in [-0.05, 0) is 6.42 Å². The summed E-state index contributed by atoms with van der Waals surface area (Å²) in [5.74, 6) is -1.45. The Hall–Kier alpha value is -0.940. The molecule has 1 atom stereocenters. The van der Waals surface area contributed by atoms with E-state index in [-0.39, 0.29) is 18.7 Å². The number of unbranched alkanes of at least 4 members (excludes halogenated alkanes) is 20. The number of quaternary nitrogens is 1. The average Bonchev–Trinajstić information content (AvgIpc) is 2.78. The van der Waals surface area contributed by atoms with Gasteiger partial charge in [-0.2, -0.15) is 0 Å². The van der Waals surface area contributed by atoms with Crippen molar-refractivity contribution >= 4 is 11.8 Å². The third-order valence-electron chi connectivity index (χ3n) is 7.21. The van der Waals surface area contributed by atoms with Crippen LogP contribution in [0.5, 0.6) is 0 Å². The molecule has 0 saturated heterocycles. The largest absolute Gasteiger partial charge is 0.481 e. The van der Waals surface area contributed by atoms with Gasteiger partial charge in [-0.3, -0.25) is 9.59 Å². The van der Waals surface area contributed by atoms with Gasteiger partial charge in [0, 0.05) is 6.42 Å². The number of likely N-dealkylation sites (N-methyl/N-ethyl adjacent to an activating group) is 1. The third-order valence-corrected chi connectivity index (χ3v) is 7.21. The second-order valence-corrected chi connectivity index (χ2v) is 12.3. The number of rotatable bonds is 27. The summed E-state index contributed by atoms with van der Waals surface area (Å²) in [5, 5.41) is 19.8. The van der Waals surface area contributed by atoms with Crippen LogP contribution in [0, 0.1) is 0 Å². The first-order valence-electron chi connectivity index (χ1n) is 15.4. The van der Waals surface area contributed by atoms with E-state index in [4.69, 9.17) is 5.11 Å². The van der Waals surface area contributed by atoms with Crippen LogP contribution in [-0.2, 0) is 9.59 Å². The van der Waals surface area contributed by atoms with Crippen LogP contribution >= 0.6 is 0 Å². The van der Waals surface area contributed by atoms with Crippen molar-refractivity contribution in [3.63, 3.8) is 0 Å². The molecule has 0 fully saturated rings. The Bertz CT molecular complexity index is 543. The Balaban J connectivity index is 3.53. The third kappa shape index (κ3) is 22.3. The van der Waals surface area contributed by atoms with Crippen LogP contribution in [0.3, 0.4) is 0 Å². The molecule has 0 bridgehead atoms. The van der Waals surface area contributed by atoms with Crippen LogP contribution in [0.4, 0.5) is 0 Å². The van der Waals surface area contributed by atoms with Crippen molar-refractivity contribution in [1.82, 2.24) is 0 Å². The molecule has 0 heterocycles. The Labute approximate surface area is 224 Å². The molecule has 2 N–H and O–H groups in total. The van der Waals surface area contributed by atoms with E-state index in [1.165, 1.54) is 116 Å². The molecule has 0 rings (SSSR count). The van der Waals surface area contributed by atoms with Gasteiger partial charge >= 0.3 is 5.97 Å². The second kappa shape index (κ2) is 22.1. The number of nitrogens with zero attached hydrogens (tertiary/aromatic N) is 1. The minimum atomic E-state index is -1.77. The van der Waals surface area contributed by atoms with E-state index < -0.39 is 18.0 Å². The van der Waals surface area contributed by atoms with Crippen molar-refractivity contribution in [3.05, 3.63) is 0 Å². The van der Waals surface area contributed by atoms with E-state index in [0.29, 0.717) is 4.48 Å². The maximum absolute atomic E-state index is 12.6. The molecule has 1 unspecified atom stereocenters. The Kier molecular flexibility index (Phi) is 21.5. The van der Waals surface area contributed by atoms with Crippen LogP contribution in [0.1, 0.15) is 155 Å². The van der Waals surface area contributed by atoms with Gasteiger partial charge < -0.3 is 14.7 Å². The van der Waals surface area contributed by atoms with Crippen LogP contribution < -0.4 is 0 Å². The molecule has 5 heteroatoms. The fourth-order valence-corrected chi connectivity index (χ4v) is 5.23. The molecular formula is C31H62NO4+. The molecule has 0 amide bonds. The summed E-state index contributed by atoms with van der Waals surface area (Å²) in [7, 11) is 5.58. The van der Waals surface area contributed by atoms with Gasteiger partial charge in [-0.1, -0.05) is 135 Å². The van der Waals surface area contributed by atoms with E-state index in [1.54, 1.807) is 0 Å². The number of carboxylic acids is 1. The first kappa shape index (κ1) is 35.1. The summed E-state index contributed by atoms with van der Waals surface area (Å²) in [6, 6.07) is 0. The Morgan fingerprint density at radius 2 is 0.889 bits per heavy atom. The monoisotopic (exact) mass is 512 g/mol. The van der Waals surface area contributed by atoms with Gasteiger partial charge in [0.25, 0.3) is 0 Å². The maximum Gasteiger partial charge on any atom is 0.306 e. The molecule has 36 heavy (non-hydrogen) atoms. The standard InChI is InChI=1S/C31H61NO4/c1-5-6-7-8-9-10-11-12-13-14-15-16-17-18-19-20-21-22-23-24-25-26-29(33)31(36,27-30(34)35)28-32(2,3)4/h36H,5-28H2,1-4H3/p+1. The highest BCUT2D eigenvalue weighted by Crippen LogP contribution is 2.20. The van der Waals surface area contributed by atoms with E-state index in [9.17, 15) is 14.7 Å². The lowest BCUT2D eigenvalue weighted by molar-refractivity contribution is -0.875. The number of aliphatic hydroxyl groups is 1. The summed E-state index contributed by atoms with van der Waals surface area (Å²) in [6.45, 7) is 2.40. The summed E-state index contributed by atoms with van der Waals surface area (Å²) in [5.41, 5.74) is -1.77. The predicted molar refractivity (Wildman–Crippen MR) is 152 cm³/mol. The van der Waals surface area contributed by atoms with Crippen molar-refractivity contribution in [2.75, 3.05) is 27.7 Å². The van der Waals surface area contributed by atoms with Crippen LogP contribution in [0.15, 0.2) is 0 Å². The Morgan fingerprint density at radius 1 is 0.583 bits per heavy atom. The van der Waals surface area contributed by atoms with E-state index in [0.717, 1.165) is 19.3 Å². The molecule has 0 aromatic carbocycles. The topological polar surface area (TPSA) is 74.6 Å². The molecule has 0 aliphatic heterocycles. The molecule has 0 saturated carbocycles. The van der Waals surface area contributed by atoms with Crippen LogP contribution in [-0.4, -0.2) is 59.7 Å². The number of Topliss-reactive ketones (excluding diaryl/α,β-unsaturated/α-hetero) is 1. The van der Waals surface area contributed by atoms with Crippen molar-refractivity contribution in [2.45, 2.75) is 160 Å². The molecule has 5 nitrogen and oxygen atoms in total. The zero-order valence-corrected chi connectivity index (χ0v) is 24.6. The summed E-state index contributed by atoms with van der Waals surface area (Å²) < 4.78 is 0.356. The number of carbonyl (C=O) groups excluding carboxylic acids is 1. The van der Waals surface area contributed by atoms with Crippen molar-refractivity contribution in [2.24, 2.45) is 0 Å². The second-order valence-electron chi connectivity index (χ2n) is 12.3. The number of aliphatic carboxylic acids is 1. The number of carbonyl (C=O) groups is 2. The van der Waals surface area contributed by atoms with Crippen LogP contribution in [0.25, 0.3) is 0 Å². The average molecular weight is 513 g/mol. The number of hydrogen-bond acceptors (Lipinski definition) is 3. The summed E-state index contributed by atoms with van der Waals surface area (Å²) in [6.07, 6.45) is 27.4. The molecule has 214 valence electrons. The molecule has 0 aromatic heterocycles. The van der Waals surface area contributed by atoms with Gasteiger partial charge in [0.15, 0.2) is 11.4 Å². The van der Waals surface area contributed by atoms with Gasteiger partial charge in [0.1, 0.15) is 6.54 Å². The van der Waals surface area contributed by atoms with Gasteiger partial charge in [0.05, 0.1) is 27.6 Å². The van der Waals surface area contributed by atoms with Gasteiger partial charge in [0.2, 0.25) is 0 Å². The maximum atomic E-state index is 12.6. The molecule has 0 aliphatic rings. The normalized spacial score (nSPS) is 13.6. The lowest BCUT2D eigenvalue weighted by Gasteiger charge is -2.33. The van der Waals surface area contributed by atoms with Gasteiger partial charge in [-0.15, -0.1) is 0 Å². The smallest absolute Gasteiger partial charge is 0.306 e. The summed E-state index contributed by atoms with van der Waals surface area (Å²) in [4.78, 5) is 23.7. The van der Waals surface area contributed by atoms with Crippen molar-refractivity contribution < 1.29 is 24.3 Å². The van der Waals surface area contributed by atoms with Crippen molar-refractivity contribution in [1.29, 1.82) is 0 Å². The minimum Gasteiger partial charge on any atom is -0.481 e. The zero-order valence-electron chi connectivity index (χ0n) is 24.6. The highest BCUT2D eigenvalue weighted by atomic mass is 16.4.